The first-order valence-corrected chi connectivity index (χ1v) is 4.92. The fourth-order valence-electron chi connectivity index (χ4n) is 0.920. The van der Waals surface area contributed by atoms with Gasteiger partial charge in [0.2, 0.25) is 10.9 Å². The number of H-pyrrole nitrogens is 1. The molecule has 2 aromatic heterocycles. The summed E-state index contributed by atoms with van der Waals surface area (Å²) in [5.41, 5.74) is 0. The number of carboxylic acid groups (broad SMARTS) is 1. The van der Waals surface area contributed by atoms with E-state index in [9.17, 15) is 4.79 Å². The summed E-state index contributed by atoms with van der Waals surface area (Å²) in [5, 5.41) is 22.3. The summed E-state index contributed by atoms with van der Waals surface area (Å²) < 4.78 is 5.04. The van der Waals surface area contributed by atoms with Gasteiger partial charge in [-0.25, -0.2) is 4.79 Å². The first-order valence-electron chi connectivity index (χ1n) is 3.94. The van der Waals surface area contributed by atoms with Crippen LogP contribution in [0.4, 0.5) is 0 Å². The Kier molecular flexibility index (Phi) is 2.68. The number of nitrogens with one attached hydrogen (secondary N) is 1. The number of nitrogens with zero attached hydrogens (tertiary/aromatic N) is 3. The Morgan fingerprint density at radius 2 is 2.47 bits per heavy atom. The second-order valence-corrected chi connectivity index (χ2v) is 3.50. The normalized spacial score (nSPS) is 10.4. The minimum absolute atomic E-state index is 0.0706. The summed E-state index contributed by atoms with van der Waals surface area (Å²) in [6.07, 6.45) is 0. The zero-order valence-corrected chi connectivity index (χ0v) is 8.19. The standard InChI is InChI=1S/C7H6N4O3S/c12-6(13)5-2-1-4(14-5)3-15-7-8-10-11-9-7/h1-2H,3H2,(H,12,13)(H,8,9,10,11). The number of carboxylic acids is 1. The molecule has 78 valence electrons. The molecule has 0 aromatic carbocycles. The molecule has 2 N–H and O–H groups in total. The molecule has 15 heavy (non-hydrogen) atoms. The Morgan fingerprint density at radius 1 is 1.60 bits per heavy atom. The van der Waals surface area contributed by atoms with Crippen LogP contribution in [0.15, 0.2) is 21.7 Å². The van der Waals surface area contributed by atoms with E-state index in [1.165, 1.54) is 17.8 Å². The van der Waals surface area contributed by atoms with E-state index in [2.05, 4.69) is 20.6 Å². The van der Waals surface area contributed by atoms with Crippen molar-refractivity contribution in [2.24, 2.45) is 0 Å². The Balaban J connectivity index is 1.96. The van der Waals surface area contributed by atoms with Crippen LogP contribution in [0.3, 0.4) is 0 Å². The van der Waals surface area contributed by atoms with Gasteiger partial charge >= 0.3 is 5.97 Å². The molecule has 0 saturated heterocycles. The van der Waals surface area contributed by atoms with Crippen molar-refractivity contribution in [3.63, 3.8) is 0 Å². The maximum atomic E-state index is 10.5. The molecule has 0 radical (unpaired) electrons. The fourth-order valence-corrected chi connectivity index (χ4v) is 1.55. The summed E-state index contributed by atoms with van der Waals surface area (Å²) >= 11 is 1.30. The van der Waals surface area contributed by atoms with Crippen LogP contribution < -0.4 is 0 Å². The summed E-state index contributed by atoms with van der Waals surface area (Å²) in [7, 11) is 0. The number of hydrogen-bond donors (Lipinski definition) is 2. The van der Waals surface area contributed by atoms with Crippen LogP contribution in [0.5, 0.6) is 0 Å². The predicted molar refractivity (Wildman–Crippen MR) is 49.4 cm³/mol. The summed E-state index contributed by atoms with van der Waals surface area (Å²) in [4.78, 5) is 10.5. The fraction of sp³-hybridized carbons (Fsp3) is 0.143. The number of tetrazole rings is 1. The third-order valence-electron chi connectivity index (χ3n) is 1.54. The van der Waals surface area contributed by atoms with Gasteiger partial charge in [0, 0.05) is 0 Å². The molecule has 0 unspecified atom stereocenters. The van der Waals surface area contributed by atoms with Gasteiger partial charge in [0.25, 0.3) is 0 Å². The molecular formula is C7H6N4O3S. The SMILES string of the molecule is O=C(O)c1ccc(CSc2nn[nH]n2)o1. The monoisotopic (exact) mass is 226 g/mol. The van der Waals surface area contributed by atoms with Crippen molar-refractivity contribution in [1.82, 2.24) is 20.6 Å². The molecule has 2 rings (SSSR count). The molecule has 7 nitrogen and oxygen atoms in total. The number of rotatable bonds is 4. The number of thioether (sulfide) groups is 1. The number of carbonyl (C=O) groups is 1. The molecule has 0 spiro atoms. The van der Waals surface area contributed by atoms with Gasteiger partial charge in [-0.2, -0.15) is 5.21 Å². The topological polar surface area (TPSA) is 105 Å². The predicted octanol–water partition coefficient (Wildman–Crippen LogP) is 0.783. The molecule has 0 aliphatic carbocycles. The Morgan fingerprint density at radius 3 is 3.07 bits per heavy atom. The lowest BCUT2D eigenvalue weighted by Gasteiger charge is -1.91. The Hall–Kier alpha value is -1.83. The van der Waals surface area contributed by atoms with Gasteiger partial charge in [0.05, 0.1) is 5.75 Å². The number of aromatic amines is 1. The number of aromatic carboxylic acids is 1. The number of aromatic nitrogens is 4. The van der Waals surface area contributed by atoms with Gasteiger partial charge in [-0.05, 0) is 17.3 Å². The Bertz CT molecular complexity index is 453. The van der Waals surface area contributed by atoms with Gasteiger partial charge in [-0.15, -0.1) is 10.2 Å². The highest BCUT2D eigenvalue weighted by Gasteiger charge is 2.09. The zero-order chi connectivity index (χ0) is 10.7. The van der Waals surface area contributed by atoms with E-state index in [0.717, 1.165) is 0 Å². The average Bonchev–Trinajstić information content (AvgIpc) is 2.86. The van der Waals surface area contributed by atoms with Crippen LogP contribution in [0.1, 0.15) is 16.3 Å². The summed E-state index contributed by atoms with van der Waals surface area (Å²) in [6.45, 7) is 0. The van der Waals surface area contributed by atoms with Gasteiger partial charge in [0.1, 0.15) is 5.76 Å². The number of hydrogen-bond acceptors (Lipinski definition) is 6. The molecule has 0 fully saturated rings. The minimum atomic E-state index is -1.08. The molecule has 0 aliphatic rings. The van der Waals surface area contributed by atoms with E-state index < -0.39 is 5.97 Å². The smallest absolute Gasteiger partial charge is 0.371 e. The first kappa shape index (κ1) is 9.71. The maximum Gasteiger partial charge on any atom is 0.371 e. The molecule has 8 heteroatoms. The minimum Gasteiger partial charge on any atom is -0.475 e. The summed E-state index contributed by atoms with van der Waals surface area (Å²) in [6, 6.07) is 3.02. The third-order valence-corrected chi connectivity index (χ3v) is 2.40. The second-order valence-electron chi connectivity index (χ2n) is 2.55. The number of furan rings is 1. The van der Waals surface area contributed by atoms with Crippen molar-refractivity contribution in [3.8, 4) is 0 Å². The molecule has 2 heterocycles. The van der Waals surface area contributed by atoms with Crippen LogP contribution in [-0.2, 0) is 5.75 Å². The lowest BCUT2D eigenvalue weighted by atomic mass is 10.4. The summed E-state index contributed by atoms with van der Waals surface area (Å²) in [5.74, 6) is -0.126. The quantitative estimate of drug-likeness (QED) is 0.742. The Labute approximate surface area is 87.9 Å². The first-order chi connectivity index (χ1) is 7.25. The van der Waals surface area contributed by atoms with Gasteiger partial charge in [-0.3, -0.25) is 0 Å². The highest BCUT2D eigenvalue weighted by atomic mass is 32.2. The van der Waals surface area contributed by atoms with Gasteiger partial charge in [-0.1, -0.05) is 11.8 Å². The van der Waals surface area contributed by atoms with Crippen LogP contribution in [0.25, 0.3) is 0 Å². The van der Waals surface area contributed by atoms with Crippen molar-refractivity contribution in [2.45, 2.75) is 10.9 Å². The van der Waals surface area contributed by atoms with Crippen molar-refractivity contribution in [2.75, 3.05) is 0 Å². The zero-order valence-electron chi connectivity index (χ0n) is 7.38. The highest BCUT2D eigenvalue weighted by Crippen LogP contribution is 2.19. The molecule has 0 bridgehead atoms. The largest absolute Gasteiger partial charge is 0.475 e. The van der Waals surface area contributed by atoms with Gasteiger partial charge in [0.15, 0.2) is 0 Å². The maximum absolute atomic E-state index is 10.5. The molecular weight excluding hydrogens is 220 g/mol. The molecule has 0 aliphatic heterocycles. The lowest BCUT2D eigenvalue weighted by molar-refractivity contribution is 0.0661. The van der Waals surface area contributed by atoms with Crippen molar-refractivity contribution < 1.29 is 14.3 Å². The van der Waals surface area contributed by atoms with Gasteiger partial charge < -0.3 is 9.52 Å². The average molecular weight is 226 g/mol. The van der Waals surface area contributed by atoms with E-state index in [-0.39, 0.29) is 5.76 Å². The van der Waals surface area contributed by atoms with E-state index >= 15 is 0 Å². The van der Waals surface area contributed by atoms with E-state index in [0.29, 0.717) is 16.7 Å². The third kappa shape index (κ3) is 2.34. The van der Waals surface area contributed by atoms with Crippen LogP contribution >= 0.6 is 11.8 Å². The lowest BCUT2D eigenvalue weighted by Crippen LogP contribution is -1.91. The van der Waals surface area contributed by atoms with E-state index in [1.807, 2.05) is 0 Å². The molecule has 2 aromatic rings. The molecule has 0 amide bonds. The van der Waals surface area contributed by atoms with Crippen molar-refractivity contribution >= 4 is 17.7 Å². The van der Waals surface area contributed by atoms with E-state index in [1.54, 1.807) is 6.07 Å². The highest BCUT2D eigenvalue weighted by molar-refractivity contribution is 7.98. The second kappa shape index (κ2) is 4.13. The van der Waals surface area contributed by atoms with Crippen LogP contribution in [-0.4, -0.2) is 31.7 Å². The van der Waals surface area contributed by atoms with Crippen molar-refractivity contribution in [3.05, 3.63) is 23.7 Å². The van der Waals surface area contributed by atoms with Crippen LogP contribution in [0.2, 0.25) is 0 Å². The molecule has 0 saturated carbocycles. The van der Waals surface area contributed by atoms with Crippen molar-refractivity contribution in [1.29, 1.82) is 0 Å². The van der Waals surface area contributed by atoms with Crippen LogP contribution in [0, 0.1) is 0 Å². The van der Waals surface area contributed by atoms with E-state index in [4.69, 9.17) is 9.52 Å². The molecule has 0 atom stereocenters.